The van der Waals surface area contributed by atoms with Gasteiger partial charge in [-0.05, 0) is 31.0 Å². The summed E-state index contributed by atoms with van der Waals surface area (Å²) < 4.78 is 38.2. The molecule has 0 aliphatic carbocycles. The first-order valence-electron chi connectivity index (χ1n) is 15.2. The molecule has 0 saturated carbocycles. The van der Waals surface area contributed by atoms with Gasteiger partial charge in [-0.2, -0.15) is 0 Å². The smallest absolute Gasteiger partial charge is 0.337 e. The number of rotatable bonds is 12. The van der Waals surface area contributed by atoms with E-state index in [1.165, 1.54) is 18.2 Å². The fraction of sp³-hybridized carbons (Fsp3) is 0.613. The van der Waals surface area contributed by atoms with Crippen molar-refractivity contribution in [1.82, 2.24) is 0 Å². The Morgan fingerprint density at radius 3 is 2.15 bits per heavy atom. The predicted molar refractivity (Wildman–Crippen MR) is 157 cm³/mol. The maximum Gasteiger partial charge on any atom is 0.337 e. The number of ether oxygens (including phenoxy) is 7. The molecule has 8 N–H and O–H groups in total. The Balaban J connectivity index is 1.43. The normalized spacial score (nSPS) is 36.2. The highest BCUT2D eigenvalue weighted by molar-refractivity contribution is 5.90. The average Bonchev–Trinajstić information content (AvgIpc) is 3.08. The van der Waals surface area contributed by atoms with Crippen LogP contribution in [0.15, 0.2) is 47.7 Å². The quantitative estimate of drug-likeness (QED) is 0.0834. The second kappa shape index (κ2) is 17.0. The van der Waals surface area contributed by atoms with Gasteiger partial charge < -0.3 is 74.0 Å². The molecule has 17 heteroatoms. The monoisotopic (exact) mass is 686 g/mol. The molecule has 268 valence electrons. The Labute approximate surface area is 275 Å². The summed E-state index contributed by atoms with van der Waals surface area (Å²) in [5, 5.41) is 81.1. The standard InChI is InChI=1S/C31H42O17/c1-3-16-17(18(28(41)42-2)13-44-29(16)48-31-25(39)23(37)22(36)19(11-32)45-31)10-21(35)47-27-20(12-33)46-30(26(40)24(27)38)43-9-8-14-4-6-15(34)7-5-14/h3-7,13,17,19-20,22-27,29-34,36-40H,8-12H2,1-2H3/t17-,19+,20-,22+,23-,24-,25+,26-,27+,29-,30-,31+/m0/s1. The van der Waals surface area contributed by atoms with Crippen LogP contribution in [0, 0.1) is 5.92 Å². The van der Waals surface area contributed by atoms with Gasteiger partial charge in [0.1, 0.15) is 48.5 Å². The van der Waals surface area contributed by atoms with Crippen molar-refractivity contribution in [3.8, 4) is 5.75 Å². The number of carbonyl (C=O) groups is 2. The van der Waals surface area contributed by atoms with E-state index in [-0.39, 0.29) is 23.5 Å². The van der Waals surface area contributed by atoms with E-state index in [1.54, 1.807) is 19.1 Å². The summed E-state index contributed by atoms with van der Waals surface area (Å²) in [6.45, 7) is 0.159. The Hall–Kier alpha value is -3.20. The summed E-state index contributed by atoms with van der Waals surface area (Å²) in [4.78, 5) is 26.0. The zero-order valence-corrected chi connectivity index (χ0v) is 26.2. The summed E-state index contributed by atoms with van der Waals surface area (Å²) in [5.41, 5.74) is 0.851. The molecule has 0 radical (unpaired) electrons. The third-order valence-electron chi connectivity index (χ3n) is 8.30. The summed E-state index contributed by atoms with van der Waals surface area (Å²) in [5.74, 6) is -2.88. The number of hydrogen-bond donors (Lipinski definition) is 8. The second-order valence-electron chi connectivity index (χ2n) is 11.4. The van der Waals surface area contributed by atoms with Crippen LogP contribution in [-0.4, -0.2) is 147 Å². The first-order valence-corrected chi connectivity index (χ1v) is 15.2. The molecule has 0 spiro atoms. The molecular formula is C31H42O17. The van der Waals surface area contributed by atoms with E-state index in [0.29, 0.717) is 6.42 Å². The number of benzene rings is 1. The fourth-order valence-electron chi connectivity index (χ4n) is 5.58. The van der Waals surface area contributed by atoms with E-state index >= 15 is 0 Å². The van der Waals surface area contributed by atoms with Gasteiger partial charge >= 0.3 is 11.9 Å². The minimum Gasteiger partial charge on any atom is -0.508 e. The number of allylic oxidation sites excluding steroid dienone is 1. The van der Waals surface area contributed by atoms with Gasteiger partial charge in [-0.25, -0.2) is 4.79 Å². The maximum atomic E-state index is 13.3. The van der Waals surface area contributed by atoms with Crippen LogP contribution in [-0.2, 0) is 49.2 Å². The molecule has 4 rings (SSSR count). The molecule has 1 aromatic carbocycles. The molecule has 0 amide bonds. The predicted octanol–water partition coefficient (Wildman–Crippen LogP) is -2.52. The van der Waals surface area contributed by atoms with Gasteiger partial charge in [0.2, 0.25) is 6.29 Å². The lowest BCUT2D eigenvalue weighted by molar-refractivity contribution is -0.327. The molecule has 48 heavy (non-hydrogen) atoms. The Kier molecular flexibility index (Phi) is 13.3. The van der Waals surface area contributed by atoms with Crippen molar-refractivity contribution in [2.45, 2.75) is 87.5 Å². The molecule has 2 fully saturated rings. The Morgan fingerprint density at radius 1 is 0.875 bits per heavy atom. The van der Waals surface area contributed by atoms with E-state index in [0.717, 1.165) is 18.9 Å². The van der Waals surface area contributed by atoms with Crippen molar-refractivity contribution in [1.29, 1.82) is 0 Å². The number of aliphatic hydroxyl groups is 7. The van der Waals surface area contributed by atoms with Gasteiger partial charge in [-0.3, -0.25) is 4.79 Å². The maximum absolute atomic E-state index is 13.3. The molecule has 3 aliphatic rings. The molecule has 17 nitrogen and oxygen atoms in total. The van der Waals surface area contributed by atoms with Crippen LogP contribution in [0.4, 0.5) is 0 Å². The van der Waals surface area contributed by atoms with Gasteiger partial charge in [0.15, 0.2) is 18.7 Å². The van der Waals surface area contributed by atoms with Crippen molar-refractivity contribution in [3.05, 3.63) is 53.3 Å². The minimum absolute atomic E-state index is 0.0483. The molecule has 0 aromatic heterocycles. The largest absolute Gasteiger partial charge is 0.508 e. The van der Waals surface area contributed by atoms with Crippen LogP contribution in [0.25, 0.3) is 0 Å². The lowest BCUT2D eigenvalue weighted by Crippen LogP contribution is -2.60. The molecule has 12 atom stereocenters. The lowest BCUT2D eigenvalue weighted by atomic mass is 9.86. The molecule has 0 bridgehead atoms. The number of carbonyl (C=O) groups excluding carboxylic acids is 2. The molecule has 3 heterocycles. The van der Waals surface area contributed by atoms with E-state index in [9.17, 15) is 50.4 Å². The van der Waals surface area contributed by atoms with Crippen molar-refractivity contribution in [3.63, 3.8) is 0 Å². The topological polar surface area (TPSA) is 261 Å². The van der Waals surface area contributed by atoms with E-state index in [4.69, 9.17) is 33.2 Å². The summed E-state index contributed by atoms with van der Waals surface area (Å²) in [7, 11) is 1.11. The zero-order chi connectivity index (χ0) is 35.1. The number of methoxy groups -OCH3 is 1. The molecule has 1 aromatic rings. The van der Waals surface area contributed by atoms with E-state index in [2.05, 4.69) is 0 Å². The number of hydrogen-bond acceptors (Lipinski definition) is 17. The SMILES string of the molecule is CC=C1[C@H](O[C@H]2O[C@H](CO)[C@@H](O)[C@H](O)[C@H]2O)OC=C(C(=O)OC)[C@H]1CC(=O)O[C@H]1[C@@H](O)[C@H](O)[C@@H](OCCc2ccc(O)cc2)O[C@H]1CO. The summed E-state index contributed by atoms with van der Waals surface area (Å²) in [6.07, 6.45) is -14.8. The second-order valence-corrected chi connectivity index (χ2v) is 11.4. The van der Waals surface area contributed by atoms with Crippen LogP contribution in [0.5, 0.6) is 5.75 Å². The van der Waals surface area contributed by atoms with Crippen LogP contribution >= 0.6 is 0 Å². The first kappa shape index (κ1) is 37.6. The van der Waals surface area contributed by atoms with Gasteiger partial charge in [0.25, 0.3) is 0 Å². The lowest BCUT2D eigenvalue weighted by Gasteiger charge is -2.42. The van der Waals surface area contributed by atoms with Gasteiger partial charge in [0.05, 0.1) is 45.2 Å². The molecule has 3 aliphatic heterocycles. The van der Waals surface area contributed by atoms with Crippen molar-refractivity contribution < 1.29 is 83.6 Å². The number of phenolic OH excluding ortho intramolecular Hbond substituents is 1. The summed E-state index contributed by atoms with van der Waals surface area (Å²) in [6, 6.07) is 6.37. The Bertz CT molecular complexity index is 1280. The van der Waals surface area contributed by atoms with Crippen molar-refractivity contribution in [2.24, 2.45) is 5.92 Å². The minimum atomic E-state index is -1.77. The zero-order valence-electron chi connectivity index (χ0n) is 26.2. The third kappa shape index (κ3) is 8.50. The van der Waals surface area contributed by atoms with Crippen molar-refractivity contribution in [2.75, 3.05) is 26.9 Å². The highest BCUT2D eigenvalue weighted by atomic mass is 16.8. The van der Waals surface area contributed by atoms with Gasteiger partial charge in [0, 0.05) is 11.5 Å². The van der Waals surface area contributed by atoms with Gasteiger partial charge in [-0.1, -0.05) is 18.2 Å². The third-order valence-corrected chi connectivity index (χ3v) is 8.30. The number of phenols is 1. The Morgan fingerprint density at radius 2 is 1.52 bits per heavy atom. The molecule has 2 saturated heterocycles. The highest BCUT2D eigenvalue weighted by Gasteiger charge is 2.49. The van der Waals surface area contributed by atoms with Crippen LogP contribution in [0.1, 0.15) is 18.9 Å². The summed E-state index contributed by atoms with van der Waals surface area (Å²) >= 11 is 0. The van der Waals surface area contributed by atoms with E-state index < -0.39 is 105 Å². The van der Waals surface area contributed by atoms with Crippen LogP contribution in [0.2, 0.25) is 0 Å². The van der Waals surface area contributed by atoms with E-state index in [1.807, 2.05) is 0 Å². The van der Waals surface area contributed by atoms with Crippen molar-refractivity contribution >= 4 is 11.9 Å². The number of aromatic hydroxyl groups is 1. The fourth-order valence-corrected chi connectivity index (χ4v) is 5.58. The van der Waals surface area contributed by atoms with Crippen LogP contribution in [0.3, 0.4) is 0 Å². The molecule has 0 unspecified atom stereocenters. The van der Waals surface area contributed by atoms with Gasteiger partial charge in [-0.15, -0.1) is 0 Å². The first-order chi connectivity index (χ1) is 22.9. The highest BCUT2D eigenvalue weighted by Crippen LogP contribution is 2.37. The number of aliphatic hydroxyl groups excluding tert-OH is 7. The average molecular weight is 687 g/mol. The number of esters is 2. The van der Waals surface area contributed by atoms with Crippen LogP contribution < -0.4 is 0 Å². The molecular weight excluding hydrogens is 644 g/mol.